The van der Waals surface area contributed by atoms with Gasteiger partial charge in [0.15, 0.2) is 5.82 Å². The summed E-state index contributed by atoms with van der Waals surface area (Å²) < 4.78 is 0. The number of anilines is 1. The number of thioether (sulfide) groups is 1. The maximum absolute atomic E-state index is 5.90. The highest BCUT2D eigenvalue weighted by molar-refractivity contribution is 7.99. The van der Waals surface area contributed by atoms with E-state index in [1.54, 1.807) is 0 Å². The molecule has 4 heteroatoms. The third kappa shape index (κ3) is 1.82. The van der Waals surface area contributed by atoms with E-state index < -0.39 is 0 Å². The van der Waals surface area contributed by atoms with Crippen molar-refractivity contribution in [1.82, 2.24) is 10.2 Å². The van der Waals surface area contributed by atoms with E-state index in [1.807, 2.05) is 18.7 Å². The number of fused-ring (bicyclic) bond motifs is 1. The van der Waals surface area contributed by atoms with Crippen LogP contribution in [0.4, 0.5) is 5.82 Å². The first-order valence-electron chi connectivity index (χ1n) is 5.82. The molecule has 0 bridgehead atoms. The molecule has 0 unspecified atom stereocenters. The standard InChI is InChI=1S/C13H15N3S/c1-8-12(13(14)16-15-8)10-4-5-11-9(7-10)3-2-6-17-11/h4-5,7H,2-3,6H2,1H3,(H3,14,15,16). The third-order valence-electron chi connectivity index (χ3n) is 3.17. The number of nitrogens with two attached hydrogens (primary N) is 1. The summed E-state index contributed by atoms with van der Waals surface area (Å²) >= 11 is 1.95. The third-order valence-corrected chi connectivity index (χ3v) is 4.37. The quantitative estimate of drug-likeness (QED) is 0.812. The number of hydrogen-bond donors (Lipinski definition) is 2. The molecule has 0 fully saturated rings. The van der Waals surface area contributed by atoms with Gasteiger partial charge in [-0.25, -0.2) is 0 Å². The fourth-order valence-electron chi connectivity index (χ4n) is 2.33. The minimum absolute atomic E-state index is 0.589. The van der Waals surface area contributed by atoms with Crippen molar-refractivity contribution in [2.24, 2.45) is 0 Å². The highest BCUT2D eigenvalue weighted by Crippen LogP contribution is 2.35. The summed E-state index contributed by atoms with van der Waals surface area (Å²) in [5, 5.41) is 6.99. The fraction of sp³-hybridized carbons (Fsp3) is 0.308. The van der Waals surface area contributed by atoms with Crippen LogP contribution in [-0.2, 0) is 6.42 Å². The number of benzene rings is 1. The van der Waals surface area contributed by atoms with E-state index in [1.165, 1.54) is 34.6 Å². The van der Waals surface area contributed by atoms with E-state index in [4.69, 9.17) is 5.73 Å². The summed E-state index contributed by atoms with van der Waals surface area (Å²) in [6, 6.07) is 6.61. The van der Waals surface area contributed by atoms with Crippen LogP contribution in [0.25, 0.3) is 11.1 Å². The molecule has 0 saturated carbocycles. The van der Waals surface area contributed by atoms with Crippen LogP contribution in [0, 0.1) is 6.92 Å². The first-order chi connectivity index (χ1) is 8.25. The minimum atomic E-state index is 0.589. The molecule has 3 nitrogen and oxygen atoms in total. The highest BCUT2D eigenvalue weighted by Gasteiger charge is 2.14. The van der Waals surface area contributed by atoms with Gasteiger partial charge in [-0.3, -0.25) is 5.10 Å². The van der Waals surface area contributed by atoms with E-state index in [-0.39, 0.29) is 0 Å². The van der Waals surface area contributed by atoms with Crippen LogP contribution >= 0.6 is 11.8 Å². The summed E-state index contributed by atoms with van der Waals surface area (Å²) in [5.41, 5.74) is 10.6. The molecule has 0 spiro atoms. The number of aromatic amines is 1. The number of rotatable bonds is 1. The van der Waals surface area contributed by atoms with Crippen molar-refractivity contribution in [3.05, 3.63) is 29.5 Å². The second-order valence-corrected chi connectivity index (χ2v) is 5.52. The van der Waals surface area contributed by atoms with Crippen molar-refractivity contribution >= 4 is 17.6 Å². The Morgan fingerprint density at radius 2 is 2.29 bits per heavy atom. The van der Waals surface area contributed by atoms with Crippen LogP contribution in [0.3, 0.4) is 0 Å². The average molecular weight is 245 g/mol. The molecule has 2 aromatic rings. The van der Waals surface area contributed by atoms with E-state index in [9.17, 15) is 0 Å². The van der Waals surface area contributed by atoms with E-state index in [0.717, 1.165) is 11.3 Å². The Labute approximate surface area is 105 Å². The minimum Gasteiger partial charge on any atom is -0.382 e. The van der Waals surface area contributed by atoms with Crippen LogP contribution in [0.15, 0.2) is 23.1 Å². The number of nitrogen functional groups attached to an aromatic ring is 1. The van der Waals surface area contributed by atoms with Crippen LogP contribution in [0.1, 0.15) is 17.7 Å². The zero-order valence-corrected chi connectivity index (χ0v) is 10.6. The van der Waals surface area contributed by atoms with Gasteiger partial charge in [0, 0.05) is 16.2 Å². The van der Waals surface area contributed by atoms with Crippen molar-refractivity contribution in [2.45, 2.75) is 24.7 Å². The molecule has 3 rings (SSSR count). The van der Waals surface area contributed by atoms with Gasteiger partial charge in [0.2, 0.25) is 0 Å². The molecule has 0 atom stereocenters. The van der Waals surface area contributed by atoms with E-state index in [0.29, 0.717) is 5.82 Å². The summed E-state index contributed by atoms with van der Waals surface area (Å²) in [5.74, 6) is 1.82. The number of H-pyrrole nitrogens is 1. The highest BCUT2D eigenvalue weighted by atomic mass is 32.2. The maximum atomic E-state index is 5.90. The lowest BCUT2D eigenvalue weighted by atomic mass is 10.0. The van der Waals surface area contributed by atoms with Crippen molar-refractivity contribution in [3.63, 3.8) is 0 Å². The monoisotopic (exact) mass is 245 g/mol. The number of nitrogens with one attached hydrogen (secondary N) is 1. The van der Waals surface area contributed by atoms with Gasteiger partial charge in [-0.1, -0.05) is 6.07 Å². The number of aryl methyl sites for hydroxylation is 2. The molecule has 1 aromatic carbocycles. The Kier molecular flexibility index (Phi) is 2.59. The fourth-order valence-corrected chi connectivity index (χ4v) is 3.35. The molecular weight excluding hydrogens is 230 g/mol. The van der Waals surface area contributed by atoms with E-state index >= 15 is 0 Å². The molecule has 1 aliphatic heterocycles. The summed E-state index contributed by atoms with van der Waals surface area (Å²) in [6.07, 6.45) is 2.44. The van der Waals surface area contributed by atoms with Crippen LogP contribution in [0.2, 0.25) is 0 Å². The van der Waals surface area contributed by atoms with Gasteiger partial charge in [-0.2, -0.15) is 5.10 Å². The first-order valence-corrected chi connectivity index (χ1v) is 6.81. The van der Waals surface area contributed by atoms with Crippen molar-refractivity contribution in [2.75, 3.05) is 11.5 Å². The van der Waals surface area contributed by atoms with Crippen molar-refractivity contribution < 1.29 is 0 Å². The zero-order chi connectivity index (χ0) is 11.8. The van der Waals surface area contributed by atoms with Gasteiger partial charge >= 0.3 is 0 Å². The zero-order valence-electron chi connectivity index (χ0n) is 9.79. The predicted molar refractivity (Wildman–Crippen MR) is 72.2 cm³/mol. The second-order valence-electron chi connectivity index (χ2n) is 4.38. The molecule has 1 aromatic heterocycles. The summed E-state index contributed by atoms with van der Waals surface area (Å²) in [4.78, 5) is 1.42. The summed E-state index contributed by atoms with van der Waals surface area (Å²) in [7, 11) is 0. The van der Waals surface area contributed by atoms with Crippen molar-refractivity contribution in [3.8, 4) is 11.1 Å². The first kappa shape index (κ1) is 10.7. The van der Waals surface area contributed by atoms with Gasteiger partial charge in [-0.15, -0.1) is 11.8 Å². The molecule has 3 N–H and O–H groups in total. The van der Waals surface area contributed by atoms with Gasteiger partial charge < -0.3 is 5.73 Å². The second kappa shape index (κ2) is 4.11. The molecule has 0 amide bonds. The molecule has 88 valence electrons. The molecule has 0 radical (unpaired) electrons. The lowest BCUT2D eigenvalue weighted by Crippen LogP contribution is -1.99. The lowest BCUT2D eigenvalue weighted by molar-refractivity contribution is 0.890. The Hall–Kier alpha value is -1.42. The molecule has 0 aliphatic carbocycles. The van der Waals surface area contributed by atoms with Crippen LogP contribution in [-0.4, -0.2) is 16.0 Å². The Bertz CT molecular complexity index is 540. The molecule has 17 heavy (non-hydrogen) atoms. The van der Waals surface area contributed by atoms with Crippen molar-refractivity contribution in [1.29, 1.82) is 0 Å². The largest absolute Gasteiger partial charge is 0.382 e. The predicted octanol–water partition coefficient (Wildman–Crippen LogP) is 3.01. The number of aromatic nitrogens is 2. The molecule has 1 aliphatic rings. The molecular formula is C13H15N3S. The van der Waals surface area contributed by atoms with Crippen LogP contribution in [0.5, 0.6) is 0 Å². The Balaban J connectivity index is 2.10. The smallest absolute Gasteiger partial charge is 0.153 e. The maximum Gasteiger partial charge on any atom is 0.153 e. The normalized spacial score (nSPS) is 14.6. The molecule has 2 heterocycles. The number of hydrogen-bond acceptors (Lipinski definition) is 3. The number of nitrogens with zero attached hydrogens (tertiary/aromatic N) is 1. The lowest BCUT2D eigenvalue weighted by Gasteiger charge is -2.16. The van der Waals surface area contributed by atoms with Gasteiger partial charge in [0.25, 0.3) is 0 Å². The molecule has 0 saturated heterocycles. The van der Waals surface area contributed by atoms with Gasteiger partial charge in [0.05, 0.1) is 0 Å². The topological polar surface area (TPSA) is 54.7 Å². The Morgan fingerprint density at radius 3 is 3.06 bits per heavy atom. The van der Waals surface area contributed by atoms with Crippen LogP contribution < -0.4 is 5.73 Å². The Morgan fingerprint density at radius 1 is 1.41 bits per heavy atom. The SMILES string of the molecule is Cc1[nH]nc(N)c1-c1ccc2c(c1)CCCS2. The summed E-state index contributed by atoms with van der Waals surface area (Å²) in [6.45, 7) is 2.01. The average Bonchev–Trinajstić information content (AvgIpc) is 2.68. The van der Waals surface area contributed by atoms with E-state index in [2.05, 4.69) is 28.4 Å². The van der Waals surface area contributed by atoms with Gasteiger partial charge in [0.1, 0.15) is 0 Å². The van der Waals surface area contributed by atoms with Gasteiger partial charge in [-0.05, 0) is 48.8 Å².